The fraction of sp³-hybridized carbons (Fsp3) is 0.0714. The van der Waals surface area contributed by atoms with Crippen LogP contribution in [0.3, 0.4) is 0 Å². The molecule has 0 radical (unpaired) electrons. The van der Waals surface area contributed by atoms with Crippen molar-refractivity contribution in [2.75, 3.05) is 17.8 Å². The minimum Gasteiger partial charge on any atom is -0.454 e. The van der Waals surface area contributed by atoms with Gasteiger partial charge in [-0.2, -0.15) is 0 Å². The summed E-state index contributed by atoms with van der Waals surface area (Å²) in [5.74, 6) is 0.826. The largest absolute Gasteiger partial charge is 0.454 e. The van der Waals surface area contributed by atoms with Gasteiger partial charge in [0.15, 0.2) is 11.5 Å². The smallest absolute Gasteiger partial charge is 0.255 e. The Morgan fingerprint density at radius 1 is 1.20 bits per heavy atom. The van der Waals surface area contributed by atoms with Crippen molar-refractivity contribution >= 4 is 28.9 Å². The summed E-state index contributed by atoms with van der Waals surface area (Å²) in [4.78, 5) is 12.1. The lowest BCUT2D eigenvalue weighted by atomic mass is 10.2. The van der Waals surface area contributed by atoms with Crippen molar-refractivity contribution in [1.29, 1.82) is 0 Å². The number of ether oxygens (including phenoxy) is 2. The van der Waals surface area contributed by atoms with Gasteiger partial charge in [-0.1, -0.05) is 17.7 Å². The molecule has 1 aliphatic rings. The second-order valence-corrected chi connectivity index (χ2v) is 4.67. The number of anilines is 2. The molecule has 0 fully saturated rings. The molecular weight excluding hydrogens is 280 g/mol. The molecule has 0 unspecified atom stereocenters. The quantitative estimate of drug-likeness (QED) is 0.834. The van der Waals surface area contributed by atoms with E-state index in [1.165, 1.54) is 0 Å². The molecule has 5 nitrogen and oxygen atoms in total. The zero-order chi connectivity index (χ0) is 14.1. The van der Waals surface area contributed by atoms with Gasteiger partial charge in [0.2, 0.25) is 6.79 Å². The number of halogens is 1. The monoisotopic (exact) mass is 290 g/mol. The topological polar surface area (TPSA) is 73.6 Å². The SMILES string of the molecule is Nc1cccc(C(=O)Nc2cc3c(cc2Cl)OCO3)c1. The predicted molar refractivity (Wildman–Crippen MR) is 76.4 cm³/mol. The van der Waals surface area contributed by atoms with Gasteiger partial charge in [-0.3, -0.25) is 4.79 Å². The Hall–Kier alpha value is -2.40. The number of carbonyl (C=O) groups is 1. The number of hydrogen-bond donors (Lipinski definition) is 2. The molecule has 1 amide bonds. The van der Waals surface area contributed by atoms with Crippen LogP contribution in [0.2, 0.25) is 5.02 Å². The van der Waals surface area contributed by atoms with Crippen molar-refractivity contribution in [3.8, 4) is 11.5 Å². The standard InChI is InChI=1S/C14H11ClN2O3/c15-10-5-12-13(20-7-19-12)6-11(10)17-14(18)8-2-1-3-9(16)4-8/h1-6H,7,16H2,(H,17,18). The van der Waals surface area contributed by atoms with E-state index in [2.05, 4.69) is 5.32 Å². The number of carbonyl (C=O) groups excluding carboxylic acids is 1. The fourth-order valence-corrected chi connectivity index (χ4v) is 2.09. The molecule has 1 heterocycles. The van der Waals surface area contributed by atoms with Crippen molar-refractivity contribution in [2.45, 2.75) is 0 Å². The Morgan fingerprint density at radius 3 is 2.70 bits per heavy atom. The molecule has 0 bridgehead atoms. The summed E-state index contributed by atoms with van der Waals surface area (Å²) >= 11 is 6.10. The molecule has 2 aromatic carbocycles. The van der Waals surface area contributed by atoms with E-state index in [1.54, 1.807) is 36.4 Å². The van der Waals surface area contributed by atoms with Crippen LogP contribution in [0.15, 0.2) is 36.4 Å². The van der Waals surface area contributed by atoms with Gasteiger partial charge in [0.1, 0.15) is 0 Å². The van der Waals surface area contributed by atoms with Crippen molar-refractivity contribution in [3.63, 3.8) is 0 Å². The van der Waals surface area contributed by atoms with E-state index < -0.39 is 0 Å². The molecule has 3 rings (SSSR count). The first-order chi connectivity index (χ1) is 9.63. The first-order valence-electron chi connectivity index (χ1n) is 5.89. The van der Waals surface area contributed by atoms with Crippen LogP contribution in [-0.2, 0) is 0 Å². The summed E-state index contributed by atoms with van der Waals surface area (Å²) in [5, 5.41) is 3.10. The minimum atomic E-state index is -0.293. The molecule has 0 atom stereocenters. The Bertz CT molecular complexity index is 688. The lowest BCUT2D eigenvalue weighted by molar-refractivity contribution is 0.102. The average molecular weight is 291 g/mol. The van der Waals surface area contributed by atoms with Gasteiger partial charge in [0.25, 0.3) is 5.91 Å². The minimum absolute atomic E-state index is 0.151. The molecule has 1 aliphatic heterocycles. The highest BCUT2D eigenvalue weighted by atomic mass is 35.5. The zero-order valence-corrected chi connectivity index (χ0v) is 11.1. The molecule has 0 spiro atoms. The van der Waals surface area contributed by atoms with Gasteiger partial charge in [0, 0.05) is 23.4 Å². The Balaban J connectivity index is 1.86. The van der Waals surface area contributed by atoms with E-state index in [1.807, 2.05) is 0 Å². The molecule has 6 heteroatoms. The number of nitrogens with one attached hydrogen (secondary N) is 1. The lowest BCUT2D eigenvalue weighted by Crippen LogP contribution is -2.12. The van der Waals surface area contributed by atoms with Gasteiger partial charge >= 0.3 is 0 Å². The maximum Gasteiger partial charge on any atom is 0.255 e. The predicted octanol–water partition coefficient (Wildman–Crippen LogP) is 2.90. The molecule has 2 aromatic rings. The van der Waals surface area contributed by atoms with Gasteiger partial charge in [-0.05, 0) is 18.2 Å². The van der Waals surface area contributed by atoms with Gasteiger partial charge in [-0.25, -0.2) is 0 Å². The second kappa shape index (κ2) is 4.94. The van der Waals surface area contributed by atoms with Gasteiger partial charge in [-0.15, -0.1) is 0 Å². The third-order valence-electron chi connectivity index (χ3n) is 2.86. The highest BCUT2D eigenvalue weighted by Crippen LogP contribution is 2.39. The van der Waals surface area contributed by atoms with E-state index in [0.717, 1.165) is 0 Å². The number of nitrogens with two attached hydrogens (primary N) is 1. The number of fused-ring (bicyclic) bond motifs is 1. The first kappa shape index (κ1) is 12.6. The zero-order valence-electron chi connectivity index (χ0n) is 10.4. The molecule has 102 valence electrons. The number of rotatable bonds is 2. The van der Waals surface area contributed by atoms with E-state index in [-0.39, 0.29) is 12.7 Å². The molecular formula is C14H11ClN2O3. The summed E-state index contributed by atoms with van der Waals surface area (Å²) in [7, 11) is 0. The van der Waals surface area contributed by atoms with E-state index in [4.69, 9.17) is 26.8 Å². The van der Waals surface area contributed by atoms with Gasteiger partial charge < -0.3 is 20.5 Å². The molecule has 3 N–H and O–H groups in total. The number of benzene rings is 2. The second-order valence-electron chi connectivity index (χ2n) is 4.26. The number of hydrogen-bond acceptors (Lipinski definition) is 4. The first-order valence-corrected chi connectivity index (χ1v) is 6.27. The van der Waals surface area contributed by atoms with Crippen LogP contribution in [0.4, 0.5) is 11.4 Å². The summed E-state index contributed by atoms with van der Waals surface area (Å²) in [6.07, 6.45) is 0. The van der Waals surface area contributed by atoms with Crippen LogP contribution < -0.4 is 20.5 Å². The number of nitrogen functional groups attached to an aromatic ring is 1. The van der Waals surface area contributed by atoms with E-state index in [0.29, 0.717) is 33.5 Å². The van der Waals surface area contributed by atoms with Crippen LogP contribution in [0, 0.1) is 0 Å². The summed E-state index contributed by atoms with van der Waals surface area (Å²) in [5.41, 5.74) is 7.09. The lowest BCUT2D eigenvalue weighted by Gasteiger charge is -2.08. The fourth-order valence-electron chi connectivity index (χ4n) is 1.89. The van der Waals surface area contributed by atoms with E-state index >= 15 is 0 Å². The van der Waals surface area contributed by atoms with Crippen LogP contribution in [0.1, 0.15) is 10.4 Å². The van der Waals surface area contributed by atoms with Crippen LogP contribution >= 0.6 is 11.6 Å². The molecule has 0 saturated carbocycles. The van der Waals surface area contributed by atoms with Crippen molar-refractivity contribution in [1.82, 2.24) is 0 Å². The highest BCUT2D eigenvalue weighted by molar-refractivity contribution is 6.34. The van der Waals surface area contributed by atoms with Crippen LogP contribution in [0.25, 0.3) is 0 Å². The normalized spacial score (nSPS) is 12.2. The Kier molecular flexibility index (Phi) is 3.12. The Morgan fingerprint density at radius 2 is 1.95 bits per heavy atom. The van der Waals surface area contributed by atoms with Crippen molar-refractivity contribution < 1.29 is 14.3 Å². The van der Waals surface area contributed by atoms with Crippen molar-refractivity contribution in [2.24, 2.45) is 0 Å². The Labute approximate surface area is 120 Å². The van der Waals surface area contributed by atoms with Crippen LogP contribution in [-0.4, -0.2) is 12.7 Å². The average Bonchev–Trinajstić information content (AvgIpc) is 2.86. The van der Waals surface area contributed by atoms with E-state index in [9.17, 15) is 4.79 Å². The summed E-state index contributed by atoms with van der Waals surface area (Å²) in [6, 6.07) is 9.94. The van der Waals surface area contributed by atoms with Crippen molar-refractivity contribution in [3.05, 3.63) is 47.0 Å². The highest BCUT2D eigenvalue weighted by Gasteiger charge is 2.18. The maximum atomic E-state index is 12.1. The third-order valence-corrected chi connectivity index (χ3v) is 3.17. The van der Waals surface area contributed by atoms with Gasteiger partial charge in [0.05, 0.1) is 10.7 Å². The van der Waals surface area contributed by atoms with Crippen LogP contribution in [0.5, 0.6) is 11.5 Å². The molecule has 0 saturated heterocycles. The number of amides is 1. The maximum absolute atomic E-state index is 12.1. The summed E-state index contributed by atoms with van der Waals surface area (Å²) < 4.78 is 10.5. The third kappa shape index (κ3) is 2.35. The molecule has 0 aliphatic carbocycles. The summed E-state index contributed by atoms with van der Waals surface area (Å²) in [6.45, 7) is 0.151. The molecule has 0 aromatic heterocycles. The molecule has 20 heavy (non-hydrogen) atoms.